The normalized spacial score (nSPS) is 16.5. The van der Waals surface area contributed by atoms with Crippen molar-refractivity contribution in [3.63, 3.8) is 0 Å². The number of carbonyl (C=O) groups is 1. The number of hydrogen-bond donors (Lipinski definition) is 1. The van der Waals surface area contributed by atoms with Crippen molar-refractivity contribution < 1.29 is 13.9 Å². The molecule has 0 fully saturated rings. The molecule has 1 N–H and O–H groups in total. The van der Waals surface area contributed by atoms with Crippen molar-refractivity contribution in [3.8, 4) is 11.5 Å². The fraction of sp³-hybridized carbons (Fsp3) is 0.400. The van der Waals surface area contributed by atoms with Gasteiger partial charge in [0.15, 0.2) is 0 Å². The van der Waals surface area contributed by atoms with Crippen LogP contribution in [0.5, 0.6) is 0 Å². The van der Waals surface area contributed by atoms with Gasteiger partial charge in [0.25, 0.3) is 5.89 Å². The maximum Gasteiger partial charge on any atom is 0.338 e. The second kappa shape index (κ2) is 10.1. The molecule has 1 aliphatic heterocycles. The van der Waals surface area contributed by atoms with Crippen molar-refractivity contribution in [3.05, 3.63) is 83.4 Å². The molecule has 1 atom stereocenters. The van der Waals surface area contributed by atoms with Crippen LogP contribution in [-0.2, 0) is 15.7 Å². The minimum atomic E-state index is -0.481. The van der Waals surface area contributed by atoms with Crippen LogP contribution < -0.4 is 5.32 Å². The number of benzene rings is 2. The number of nitrogens with one attached hydrogen (secondary N) is 1. The summed E-state index contributed by atoms with van der Waals surface area (Å²) in [4.78, 5) is 12.1. The molecule has 0 spiro atoms. The molecule has 8 nitrogen and oxygen atoms in total. The lowest BCUT2D eigenvalue weighted by molar-refractivity contribution is 0.0526. The summed E-state index contributed by atoms with van der Waals surface area (Å²) in [6, 6.07) is 18.1. The van der Waals surface area contributed by atoms with E-state index in [1.54, 1.807) is 19.1 Å². The Morgan fingerprint density at radius 1 is 1.08 bits per heavy atom. The highest BCUT2D eigenvalue weighted by molar-refractivity contribution is 5.89. The predicted octanol–water partition coefficient (Wildman–Crippen LogP) is 6.51. The zero-order valence-electron chi connectivity index (χ0n) is 22.7. The smallest absolute Gasteiger partial charge is 0.338 e. The monoisotopic (exact) mass is 513 g/mol. The molecular weight excluding hydrogens is 478 g/mol. The molecule has 3 heterocycles. The fourth-order valence-corrected chi connectivity index (χ4v) is 5.54. The third-order valence-electron chi connectivity index (χ3n) is 7.78. The lowest BCUT2D eigenvalue weighted by atomic mass is 9.75. The summed E-state index contributed by atoms with van der Waals surface area (Å²) in [7, 11) is 0. The Bertz CT molecular complexity index is 1400. The molecule has 38 heavy (non-hydrogen) atoms. The minimum absolute atomic E-state index is 0.139. The topological polar surface area (TPSA) is 95.1 Å². The van der Waals surface area contributed by atoms with Gasteiger partial charge in [-0.25, -0.2) is 9.48 Å². The van der Waals surface area contributed by atoms with Crippen molar-refractivity contribution in [2.24, 2.45) is 0 Å². The van der Waals surface area contributed by atoms with Gasteiger partial charge >= 0.3 is 5.97 Å². The Morgan fingerprint density at radius 3 is 2.45 bits per heavy atom. The quantitative estimate of drug-likeness (QED) is 0.268. The fourth-order valence-electron chi connectivity index (χ4n) is 5.54. The van der Waals surface area contributed by atoms with Gasteiger partial charge in [0.2, 0.25) is 5.89 Å². The number of carbonyl (C=O) groups excluding carboxylic acids is 1. The summed E-state index contributed by atoms with van der Waals surface area (Å²) in [5.41, 5.74) is 2.88. The number of aromatic nitrogens is 4. The van der Waals surface area contributed by atoms with Gasteiger partial charge in [-0.1, -0.05) is 56.3 Å². The zero-order valence-corrected chi connectivity index (χ0v) is 22.7. The first-order chi connectivity index (χ1) is 18.3. The predicted molar refractivity (Wildman–Crippen MR) is 146 cm³/mol. The van der Waals surface area contributed by atoms with Crippen LogP contribution in [0.1, 0.15) is 87.3 Å². The molecule has 2 aromatic heterocycles. The number of ether oxygens (including phenoxy) is 1. The second-order valence-electron chi connectivity index (χ2n) is 10.4. The average molecular weight is 514 g/mol. The Hall–Kier alpha value is -3.94. The second-order valence-corrected chi connectivity index (χ2v) is 10.4. The van der Waals surface area contributed by atoms with E-state index >= 15 is 0 Å². The number of rotatable bonds is 8. The largest absolute Gasteiger partial charge is 0.462 e. The van der Waals surface area contributed by atoms with E-state index in [1.165, 1.54) is 5.56 Å². The van der Waals surface area contributed by atoms with Crippen molar-refractivity contribution in [1.82, 2.24) is 20.0 Å². The summed E-state index contributed by atoms with van der Waals surface area (Å²) >= 11 is 0. The van der Waals surface area contributed by atoms with E-state index in [9.17, 15) is 4.79 Å². The lowest BCUT2D eigenvalue weighted by Crippen LogP contribution is -2.37. The van der Waals surface area contributed by atoms with Gasteiger partial charge in [-0.05, 0) is 63.3 Å². The van der Waals surface area contributed by atoms with Crippen LogP contribution in [0.25, 0.3) is 11.5 Å². The van der Waals surface area contributed by atoms with Gasteiger partial charge in [-0.15, -0.1) is 10.2 Å². The number of hydrogen-bond acceptors (Lipinski definition) is 7. The van der Waals surface area contributed by atoms with E-state index in [2.05, 4.69) is 67.5 Å². The molecule has 8 heteroatoms. The third kappa shape index (κ3) is 4.38. The van der Waals surface area contributed by atoms with Crippen molar-refractivity contribution in [2.75, 3.05) is 11.9 Å². The molecular formula is C30H35N5O3. The minimum Gasteiger partial charge on any atom is -0.462 e. The van der Waals surface area contributed by atoms with Crippen LogP contribution in [0, 0.1) is 0 Å². The summed E-state index contributed by atoms with van der Waals surface area (Å²) in [6.07, 6.45) is 4.23. The molecule has 5 rings (SSSR count). The van der Waals surface area contributed by atoms with Gasteiger partial charge in [-0.3, -0.25) is 0 Å². The van der Waals surface area contributed by atoms with Crippen molar-refractivity contribution >= 4 is 11.8 Å². The molecule has 4 aromatic rings. The van der Waals surface area contributed by atoms with Crippen LogP contribution in [0.4, 0.5) is 5.82 Å². The van der Waals surface area contributed by atoms with E-state index in [0.29, 0.717) is 24.0 Å². The molecule has 0 amide bonds. The van der Waals surface area contributed by atoms with E-state index in [0.717, 1.165) is 36.2 Å². The number of esters is 1. The lowest BCUT2D eigenvalue weighted by Gasteiger charge is -2.38. The first-order valence-corrected chi connectivity index (χ1v) is 13.3. The molecule has 0 saturated heterocycles. The van der Waals surface area contributed by atoms with E-state index in [1.807, 2.05) is 29.1 Å². The van der Waals surface area contributed by atoms with Gasteiger partial charge < -0.3 is 14.5 Å². The molecule has 1 unspecified atom stereocenters. The molecule has 2 aromatic carbocycles. The van der Waals surface area contributed by atoms with E-state index in [4.69, 9.17) is 14.3 Å². The number of nitrogens with zero attached hydrogens (tertiary/aromatic N) is 4. The molecule has 198 valence electrons. The summed E-state index contributed by atoms with van der Waals surface area (Å²) in [5.74, 6) is 1.54. The van der Waals surface area contributed by atoms with Gasteiger partial charge in [0, 0.05) is 0 Å². The molecule has 0 aliphatic carbocycles. The van der Waals surface area contributed by atoms with Crippen LogP contribution in [0.2, 0.25) is 0 Å². The van der Waals surface area contributed by atoms with Gasteiger partial charge in [0.1, 0.15) is 11.4 Å². The first-order valence-electron chi connectivity index (χ1n) is 13.3. The summed E-state index contributed by atoms with van der Waals surface area (Å²) in [5, 5.41) is 17.4. The Kier molecular flexibility index (Phi) is 6.82. The van der Waals surface area contributed by atoms with Crippen LogP contribution in [0.15, 0.2) is 65.2 Å². The van der Waals surface area contributed by atoms with Crippen molar-refractivity contribution in [2.45, 2.75) is 70.9 Å². The third-order valence-corrected chi connectivity index (χ3v) is 7.78. The SMILES string of the molecule is CCOC(=O)c1ccc(C(CC)(CC)c2nnc(-c3cnn4c3NC(c3ccccc3)CC4(C)C)o2)cc1. The van der Waals surface area contributed by atoms with Crippen LogP contribution in [-0.4, -0.2) is 32.6 Å². The Labute approximate surface area is 223 Å². The maximum absolute atomic E-state index is 12.1. The molecule has 0 saturated carbocycles. The first kappa shape index (κ1) is 25.7. The van der Waals surface area contributed by atoms with E-state index < -0.39 is 5.41 Å². The van der Waals surface area contributed by atoms with Crippen molar-refractivity contribution in [1.29, 1.82) is 0 Å². The summed E-state index contributed by atoms with van der Waals surface area (Å²) < 4.78 is 13.6. The highest BCUT2D eigenvalue weighted by atomic mass is 16.5. The number of anilines is 1. The van der Waals surface area contributed by atoms with E-state index in [-0.39, 0.29) is 17.6 Å². The summed E-state index contributed by atoms with van der Waals surface area (Å²) in [6.45, 7) is 10.8. The molecule has 0 bridgehead atoms. The maximum atomic E-state index is 12.1. The average Bonchev–Trinajstić information content (AvgIpc) is 3.59. The van der Waals surface area contributed by atoms with Crippen LogP contribution in [0.3, 0.4) is 0 Å². The highest BCUT2D eigenvalue weighted by Crippen LogP contribution is 2.44. The van der Waals surface area contributed by atoms with Crippen LogP contribution >= 0.6 is 0 Å². The van der Waals surface area contributed by atoms with Gasteiger partial charge in [0.05, 0.1) is 35.4 Å². The van der Waals surface area contributed by atoms with Gasteiger partial charge in [-0.2, -0.15) is 5.10 Å². The Morgan fingerprint density at radius 2 is 1.79 bits per heavy atom. The Balaban J connectivity index is 1.50. The zero-order chi connectivity index (χ0) is 26.9. The molecule has 1 aliphatic rings. The highest BCUT2D eigenvalue weighted by Gasteiger charge is 2.39. The number of fused-ring (bicyclic) bond motifs is 1. The standard InChI is InChI=1S/C30H35N5O3/c1-6-30(7-2,22-16-14-21(15-17-22)27(36)37-8-3)28-34-33-26(38-28)23-19-31-35-25(23)32-24(18-29(35,4)5)20-12-10-9-11-13-20/h9-17,19,24,32H,6-8,18H2,1-5H3. The molecule has 0 radical (unpaired) electrons.